The lowest BCUT2D eigenvalue weighted by molar-refractivity contribution is -0.275. The van der Waals surface area contributed by atoms with Gasteiger partial charge in [0.1, 0.15) is 0 Å². The van der Waals surface area contributed by atoms with Crippen molar-refractivity contribution in [2.45, 2.75) is 32.0 Å². The molecule has 8 heteroatoms. The topological polar surface area (TPSA) is 41.9 Å². The van der Waals surface area contributed by atoms with E-state index in [2.05, 4.69) is 5.16 Å². The van der Waals surface area contributed by atoms with E-state index in [0.717, 1.165) is 5.56 Å². The summed E-state index contributed by atoms with van der Waals surface area (Å²) in [5.74, 6) is -0.185. The van der Waals surface area contributed by atoms with E-state index in [1.165, 1.54) is 36.1 Å². The molecule has 148 valence electrons. The van der Waals surface area contributed by atoms with E-state index < -0.39 is 18.2 Å². The van der Waals surface area contributed by atoms with Crippen LogP contribution < -0.4 is 4.90 Å². The fraction of sp³-hybridized carbons (Fsp3) is 0.300. The molecule has 0 saturated heterocycles. The van der Waals surface area contributed by atoms with Gasteiger partial charge in [-0.3, -0.25) is 4.79 Å². The molecule has 0 bridgehead atoms. The Morgan fingerprint density at radius 2 is 1.86 bits per heavy atom. The van der Waals surface area contributed by atoms with E-state index in [0.29, 0.717) is 16.3 Å². The maximum absolute atomic E-state index is 14.0. The summed E-state index contributed by atoms with van der Waals surface area (Å²) in [6, 6.07) is 10.4. The van der Waals surface area contributed by atoms with Crippen molar-refractivity contribution in [2.24, 2.45) is 5.16 Å². The van der Waals surface area contributed by atoms with Crippen LogP contribution in [0.4, 0.5) is 18.9 Å². The molecule has 1 unspecified atom stereocenters. The molecule has 0 radical (unpaired) electrons. The molecule has 3 rings (SSSR count). The first kappa shape index (κ1) is 20.2. The number of aryl methyl sites for hydroxylation is 1. The van der Waals surface area contributed by atoms with Crippen LogP contribution in [-0.2, 0) is 15.2 Å². The number of halogens is 4. The van der Waals surface area contributed by atoms with Crippen molar-refractivity contribution >= 4 is 28.9 Å². The lowest BCUT2D eigenvalue weighted by Gasteiger charge is -2.29. The molecule has 0 saturated carbocycles. The minimum atomic E-state index is -4.68. The van der Waals surface area contributed by atoms with Crippen molar-refractivity contribution < 1.29 is 22.8 Å². The van der Waals surface area contributed by atoms with Gasteiger partial charge < -0.3 is 9.74 Å². The van der Waals surface area contributed by atoms with Crippen LogP contribution in [0.15, 0.2) is 47.6 Å². The Morgan fingerprint density at radius 1 is 1.21 bits per heavy atom. The summed E-state index contributed by atoms with van der Waals surface area (Å²) in [4.78, 5) is 18.1. The molecule has 0 aromatic heterocycles. The molecule has 0 spiro atoms. The molecular formula is C20H18ClF3N2O2. The quantitative estimate of drug-likeness (QED) is 0.696. The Morgan fingerprint density at radius 3 is 2.43 bits per heavy atom. The highest BCUT2D eigenvalue weighted by atomic mass is 35.5. The van der Waals surface area contributed by atoms with Crippen LogP contribution in [0, 0.1) is 6.92 Å². The minimum absolute atomic E-state index is 0.0728. The largest absolute Gasteiger partial charge is 0.435 e. The molecule has 1 heterocycles. The summed E-state index contributed by atoms with van der Waals surface area (Å²) in [5, 5.41) is 4.09. The summed E-state index contributed by atoms with van der Waals surface area (Å²) < 4.78 is 42.0. The molecule has 2 aromatic rings. The normalized spacial score (nSPS) is 19.2. The van der Waals surface area contributed by atoms with Gasteiger partial charge in [-0.25, -0.2) is 0 Å². The van der Waals surface area contributed by atoms with E-state index in [4.69, 9.17) is 16.4 Å². The zero-order valence-electron chi connectivity index (χ0n) is 15.5. The van der Waals surface area contributed by atoms with Gasteiger partial charge in [0, 0.05) is 42.2 Å². The van der Waals surface area contributed by atoms with Crippen molar-refractivity contribution in [1.82, 2.24) is 0 Å². The first-order valence-corrected chi connectivity index (χ1v) is 8.86. The summed E-state index contributed by atoms with van der Waals surface area (Å²) in [6.45, 7) is 3.23. The number of benzene rings is 2. The number of alkyl halides is 3. The van der Waals surface area contributed by atoms with Gasteiger partial charge in [0.25, 0.3) is 5.60 Å². The SMILES string of the molecule is CC(=O)N(C)c1cc(C2=NOC(c3ccc(Cl)cc3)(C(F)(F)F)C2)ccc1C. The Kier molecular flexibility index (Phi) is 5.14. The summed E-state index contributed by atoms with van der Waals surface area (Å²) in [5.41, 5.74) is -0.607. The average Bonchev–Trinajstić information content (AvgIpc) is 3.08. The number of oxime groups is 1. The molecule has 1 amide bonds. The van der Waals surface area contributed by atoms with Gasteiger partial charge in [0.15, 0.2) is 0 Å². The number of rotatable bonds is 3. The average molecular weight is 411 g/mol. The molecule has 1 aliphatic rings. The highest BCUT2D eigenvalue weighted by Gasteiger charge is 2.62. The van der Waals surface area contributed by atoms with E-state index >= 15 is 0 Å². The Balaban J connectivity index is 2.00. The van der Waals surface area contributed by atoms with Crippen LogP contribution in [0.2, 0.25) is 5.02 Å². The number of hydrogen-bond donors (Lipinski definition) is 0. The van der Waals surface area contributed by atoms with Gasteiger partial charge in [-0.05, 0) is 30.7 Å². The number of carbonyl (C=O) groups excluding carboxylic acids is 1. The summed E-state index contributed by atoms with van der Waals surface area (Å²) in [7, 11) is 1.61. The van der Waals surface area contributed by atoms with Crippen molar-refractivity contribution in [2.75, 3.05) is 11.9 Å². The molecule has 1 atom stereocenters. The van der Waals surface area contributed by atoms with E-state index in [1.807, 2.05) is 6.92 Å². The van der Waals surface area contributed by atoms with Crippen molar-refractivity contribution in [3.8, 4) is 0 Å². The number of nitrogens with zero attached hydrogens (tertiary/aromatic N) is 2. The monoisotopic (exact) mass is 410 g/mol. The molecule has 28 heavy (non-hydrogen) atoms. The second-order valence-electron chi connectivity index (χ2n) is 6.72. The Hall–Kier alpha value is -2.54. The maximum Gasteiger partial charge on any atom is 0.435 e. The molecular weight excluding hydrogens is 393 g/mol. The second kappa shape index (κ2) is 7.13. The smallest absolute Gasteiger partial charge is 0.374 e. The third-order valence-corrected chi connectivity index (χ3v) is 5.12. The molecule has 0 N–H and O–H groups in total. The zero-order valence-corrected chi connectivity index (χ0v) is 16.2. The third kappa shape index (κ3) is 3.46. The van der Waals surface area contributed by atoms with Gasteiger partial charge in [0.2, 0.25) is 5.91 Å². The molecule has 2 aromatic carbocycles. The zero-order chi connectivity index (χ0) is 20.7. The summed E-state index contributed by atoms with van der Waals surface area (Å²) in [6.07, 6.45) is -5.17. The fourth-order valence-corrected chi connectivity index (χ4v) is 3.22. The van der Waals surface area contributed by atoms with Gasteiger partial charge in [-0.2, -0.15) is 13.2 Å². The van der Waals surface area contributed by atoms with Gasteiger partial charge in [0.05, 0.1) is 5.71 Å². The van der Waals surface area contributed by atoms with Crippen molar-refractivity contribution in [3.63, 3.8) is 0 Å². The lowest BCUT2D eigenvalue weighted by atomic mass is 9.86. The van der Waals surface area contributed by atoms with Crippen LogP contribution in [0.25, 0.3) is 0 Å². The second-order valence-corrected chi connectivity index (χ2v) is 7.15. The number of carbonyl (C=O) groups is 1. The summed E-state index contributed by atoms with van der Waals surface area (Å²) >= 11 is 5.81. The standard InChI is InChI=1S/C20H18ClF3N2O2/c1-12-4-5-14(10-18(12)26(3)13(2)27)17-11-19(28-25-17,20(22,23)24)15-6-8-16(21)9-7-15/h4-10H,11H2,1-3H3. The number of amides is 1. The first-order valence-electron chi connectivity index (χ1n) is 8.48. The predicted molar refractivity (Wildman–Crippen MR) is 102 cm³/mol. The van der Waals surface area contributed by atoms with Crippen LogP contribution in [-0.4, -0.2) is 24.8 Å². The van der Waals surface area contributed by atoms with Crippen LogP contribution in [0.1, 0.15) is 30.0 Å². The Bertz CT molecular complexity index is 941. The first-order chi connectivity index (χ1) is 13.0. The Labute approximate surface area is 165 Å². The van der Waals surface area contributed by atoms with Crippen LogP contribution in [0.3, 0.4) is 0 Å². The van der Waals surface area contributed by atoms with Gasteiger partial charge in [-0.1, -0.05) is 41.0 Å². The molecule has 4 nitrogen and oxygen atoms in total. The minimum Gasteiger partial charge on any atom is -0.374 e. The van der Waals surface area contributed by atoms with Crippen molar-refractivity contribution in [1.29, 1.82) is 0 Å². The van der Waals surface area contributed by atoms with Gasteiger partial charge >= 0.3 is 6.18 Å². The fourth-order valence-electron chi connectivity index (χ4n) is 3.10. The number of anilines is 1. The molecule has 1 aliphatic heterocycles. The lowest BCUT2D eigenvalue weighted by Crippen LogP contribution is -2.42. The van der Waals surface area contributed by atoms with Crippen molar-refractivity contribution in [3.05, 3.63) is 64.2 Å². The van der Waals surface area contributed by atoms with E-state index in [-0.39, 0.29) is 17.2 Å². The molecule has 0 fully saturated rings. The maximum atomic E-state index is 14.0. The number of hydrogen-bond acceptors (Lipinski definition) is 3. The molecule has 0 aliphatic carbocycles. The van der Waals surface area contributed by atoms with Gasteiger partial charge in [-0.15, -0.1) is 0 Å². The highest BCUT2D eigenvalue weighted by molar-refractivity contribution is 6.30. The van der Waals surface area contributed by atoms with Crippen LogP contribution >= 0.6 is 11.6 Å². The predicted octanol–water partition coefficient (Wildman–Crippen LogP) is 5.21. The van der Waals surface area contributed by atoms with E-state index in [1.54, 1.807) is 25.2 Å². The third-order valence-electron chi connectivity index (χ3n) is 4.87. The highest BCUT2D eigenvalue weighted by Crippen LogP contribution is 2.49. The van der Waals surface area contributed by atoms with E-state index in [9.17, 15) is 18.0 Å². The van der Waals surface area contributed by atoms with Crippen LogP contribution in [0.5, 0.6) is 0 Å².